The summed E-state index contributed by atoms with van der Waals surface area (Å²) >= 11 is 6.36. The van der Waals surface area contributed by atoms with E-state index in [9.17, 15) is 19.8 Å². The average molecular weight is 534 g/mol. The molecular formula is C29H24ClNO7. The van der Waals surface area contributed by atoms with Crippen LogP contribution >= 0.6 is 11.6 Å². The highest BCUT2D eigenvalue weighted by molar-refractivity contribution is 6.32. The Balaban J connectivity index is 1.70. The summed E-state index contributed by atoms with van der Waals surface area (Å²) in [5.74, 6) is -1.72. The summed E-state index contributed by atoms with van der Waals surface area (Å²) in [6.45, 7) is 3.79. The molecule has 194 valence electrons. The number of rotatable bonds is 7. The number of halogens is 1. The Kier molecular flexibility index (Phi) is 6.50. The Morgan fingerprint density at radius 3 is 2.58 bits per heavy atom. The van der Waals surface area contributed by atoms with Gasteiger partial charge in [0.25, 0.3) is 5.91 Å². The van der Waals surface area contributed by atoms with Crippen molar-refractivity contribution in [3.63, 3.8) is 0 Å². The van der Waals surface area contributed by atoms with Gasteiger partial charge in [0.2, 0.25) is 5.78 Å². The lowest BCUT2D eigenvalue weighted by atomic mass is 9.94. The number of amides is 1. The molecule has 0 fully saturated rings. The fourth-order valence-corrected chi connectivity index (χ4v) is 4.84. The molecule has 8 nitrogen and oxygen atoms in total. The number of ketones is 1. The van der Waals surface area contributed by atoms with E-state index in [0.717, 1.165) is 0 Å². The minimum absolute atomic E-state index is 0.0719. The average Bonchev–Trinajstić information content (AvgIpc) is 3.46. The summed E-state index contributed by atoms with van der Waals surface area (Å²) in [5, 5.41) is 22.4. The third kappa shape index (κ3) is 4.03. The smallest absolute Gasteiger partial charge is 0.294 e. The topological polar surface area (TPSA) is 109 Å². The Bertz CT molecular complexity index is 1620. The number of hydrogen-bond acceptors (Lipinski definition) is 7. The molecule has 1 aliphatic heterocycles. The van der Waals surface area contributed by atoms with Gasteiger partial charge in [-0.05, 0) is 61.4 Å². The summed E-state index contributed by atoms with van der Waals surface area (Å²) < 4.78 is 16.8. The number of carbonyl (C=O) groups is 2. The van der Waals surface area contributed by atoms with Crippen molar-refractivity contribution < 1.29 is 33.7 Å². The van der Waals surface area contributed by atoms with Crippen molar-refractivity contribution in [3.8, 4) is 17.2 Å². The first-order chi connectivity index (χ1) is 18.3. The first kappa shape index (κ1) is 25.2. The highest BCUT2D eigenvalue weighted by atomic mass is 35.5. The molecule has 0 spiro atoms. The number of methoxy groups -OCH3 is 1. The molecule has 3 aromatic carbocycles. The molecule has 2 N–H and O–H groups in total. The van der Waals surface area contributed by atoms with Crippen LogP contribution in [0.4, 0.5) is 5.69 Å². The molecule has 1 amide bonds. The van der Waals surface area contributed by atoms with Crippen LogP contribution in [0.15, 0.2) is 76.4 Å². The molecule has 1 unspecified atom stereocenters. The zero-order chi connectivity index (χ0) is 27.1. The SMILES string of the molecule is CCOc1cc(C2C(C(=O)c3cc4cccc(OC)c4o3)=C(O)C(=O)N2c2cccc(Cl)c2C)ccc1O. The quantitative estimate of drug-likeness (QED) is 0.269. The summed E-state index contributed by atoms with van der Waals surface area (Å²) in [6.07, 6.45) is 0. The van der Waals surface area contributed by atoms with E-state index in [0.29, 0.717) is 38.6 Å². The fourth-order valence-electron chi connectivity index (χ4n) is 4.67. The summed E-state index contributed by atoms with van der Waals surface area (Å²) in [5.41, 5.74) is 1.62. The van der Waals surface area contributed by atoms with Crippen LogP contribution < -0.4 is 14.4 Å². The van der Waals surface area contributed by atoms with E-state index in [1.165, 1.54) is 30.2 Å². The number of ether oxygens (including phenoxy) is 2. The molecule has 1 aromatic heterocycles. The van der Waals surface area contributed by atoms with Crippen LogP contribution in [0.1, 0.15) is 34.6 Å². The molecule has 5 rings (SSSR count). The van der Waals surface area contributed by atoms with Crippen LogP contribution in [0.5, 0.6) is 17.2 Å². The number of furan rings is 1. The van der Waals surface area contributed by atoms with Crippen molar-refractivity contribution in [2.24, 2.45) is 0 Å². The maximum Gasteiger partial charge on any atom is 0.294 e. The lowest BCUT2D eigenvalue weighted by molar-refractivity contribution is -0.117. The van der Waals surface area contributed by atoms with Gasteiger partial charge < -0.3 is 24.1 Å². The Labute approximate surface area is 223 Å². The van der Waals surface area contributed by atoms with E-state index < -0.39 is 23.5 Å². The fraction of sp³-hybridized carbons (Fsp3) is 0.172. The lowest BCUT2D eigenvalue weighted by Crippen LogP contribution is -2.31. The number of phenols is 1. The molecule has 0 saturated carbocycles. The molecule has 0 saturated heterocycles. The number of fused-ring (bicyclic) bond motifs is 1. The normalized spacial score (nSPS) is 15.4. The second kappa shape index (κ2) is 9.79. The van der Waals surface area contributed by atoms with Crippen molar-refractivity contribution >= 4 is 39.9 Å². The number of aliphatic hydroxyl groups is 1. The van der Waals surface area contributed by atoms with Crippen molar-refractivity contribution in [2.45, 2.75) is 19.9 Å². The van der Waals surface area contributed by atoms with Crippen molar-refractivity contribution in [2.75, 3.05) is 18.6 Å². The van der Waals surface area contributed by atoms with Crippen LogP contribution in [0, 0.1) is 6.92 Å². The number of Topliss-reactive ketones (excluding diaryl/α,β-unsaturated/α-hetero) is 1. The van der Waals surface area contributed by atoms with Crippen LogP contribution in [0.3, 0.4) is 0 Å². The molecule has 38 heavy (non-hydrogen) atoms. The van der Waals surface area contributed by atoms with Crippen LogP contribution in [-0.2, 0) is 4.79 Å². The highest BCUT2D eigenvalue weighted by Gasteiger charge is 2.46. The summed E-state index contributed by atoms with van der Waals surface area (Å²) in [4.78, 5) is 28.8. The second-order valence-electron chi connectivity index (χ2n) is 8.70. The number of benzene rings is 3. The first-order valence-electron chi connectivity index (χ1n) is 11.9. The lowest BCUT2D eigenvalue weighted by Gasteiger charge is -2.28. The number of aromatic hydroxyl groups is 1. The van der Waals surface area contributed by atoms with E-state index in [4.69, 9.17) is 25.5 Å². The van der Waals surface area contributed by atoms with Gasteiger partial charge in [-0.1, -0.05) is 35.9 Å². The molecule has 0 radical (unpaired) electrons. The summed E-state index contributed by atoms with van der Waals surface area (Å²) in [6, 6.07) is 15.3. The van der Waals surface area contributed by atoms with E-state index in [-0.39, 0.29) is 29.4 Å². The monoisotopic (exact) mass is 533 g/mol. The molecule has 1 aliphatic rings. The van der Waals surface area contributed by atoms with Crippen molar-refractivity contribution in [3.05, 3.63) is 93.9 Å². The van der Waals surface area contributed by atoms with E-state index >= 15 is 0 Å². The number of phenolic OH excluding ortho intramolecular Hbond substituents is 1. The maximum atomic E-state index is 13.9. The van der Waals surface area contributed by atoms with Gasteiger partial charge in [-0.3, -0.25) is 14.5 Å². The Morgan fingerprint density at radius 1 is 1.08 bits per heavy atom. The Morgan fingerprint density at radius 2 is 1.84 bits per heavy atom. The van der Waals surface area contributed by atoms with Gasteiger partial charge in [-0.2, -0.15) is 0 Å². The highest BCUT2D eigenvalue weighted by Crippen LogP contribution is 2.46. The van der Waals surface area contributed by atoms with Gasteiger partial charge in [0.05, 0.1) is 25.3 Å². The number of anilines is 1. The molecule has 9 heteroatoms. The van der Waals surface area contributed by atoms with E-state index in [1.54, 1.807) is 56.3 Å². The molecule has 0 bridgehead atoms. The predicted octanol–water partition coefficient (Wildman–Crippen LogP) is 6.29. The van der Waals surface area contributed by atoms with Gasteiger partial charge >= 0.3 is 0 Å². The number of aliphatic hydroxyl groups excluding tert-OH is 1. The number of para-hydroxylation sites is 1. The third-order valence-electron chi connectivity index (χ3n) is 6.50. The summed E-state index contributed by atoms with van der Waals surface area (Å²) in [7, 11) is 1.49. The van der Waals surface area contributed by atoms with Crippen LogP contribution in [-0.4, -0.2) is 35.6 Å². The zero-order valence-corrected chi connectivity index (χ0v) is 21.6. The third-order valence-corrected chi connectivity index (χ3v) is 6.91. The predicted molar refractivity (Wildman–Crippen MR) is 142 cm³/mol. The van der Waals surface area contributed by atoms with Crippen molar-refractivity contribution in [1.29, 1.82) is 0 Å². The van der Waals surface area contributed by atoms with Gasteiger partial charge in [-0.25, -0.2) is 0 Å². The van der Waals surface area contributed by atoms with E-state index in [1.807, 2.05) is 0 Å². The molecular weight excluding hydrogens is 510 g/mol. The standard InChI is InChI=1S/C29H24ClNO7/c1-4-37-22-13-16(11-12-20(22)32)25-24(26(33)23-14-17-7-5-10-21(36-3)28(17)38-23)27(34)29(35)31(25)19-9-6-8-18(30)15(19)2/h5-14,25,32,34H,4H2,1-3H3. The number of nitrogens with zero attached hydrogens (tertiary/aromatic N) is 1. The second-order valence-corrected chi connectivity index (χ2v) is 9.11. The number of carbonyl (C=O) groups excluding carboxylic acids is 2. The van der Waals surface area contributed by atoms with Gasteiger partial charge in [-0.15, -0.1) is 0 Å². The minimum atomic E-state index is -1.07. The molecule has 0 aliphatic carbocycles. The molecule has 4 aromatic rings. The number of hydrogen-bond donors (Lipinski definition) is 2. The first-order valence-corrected chi connectivity index (χ1v) is 12.2. The van der Waals surface area contributed by atoms with Gasteiger partial charge in [0.15, 0.2) is 34.4 Å². The van der Waals surface area contributed by atoms with Gasteiger partial charge in [0.1, 0.15) is 0 Å². The molecule has 1 atom stereocenters. The van der Waals surface area contributed by atoms with Crippen LogP contribution in [0.2, 0.25) is 5.02 Å². The van der Waals surface area contributed by atoms with E-state index in [2.05, 4.69) is 0 Å². The Hall–Kier alpha value is -4.43. The van der Waals surface area contributed by atoms with Crippen LogP contribution in [0.25, 0.3) is 11.0 Å². The van der Waals surface area contributed by atoms with Gasteiger partial charge in [0, 0.05) is 16.1 Å². The zero-order valence-electron chi connectivity index (χ0n) is 20.8. The van der Waals surface area contributed by atoms with Crippen molar-refractivity contribution in [1.82, 2.24) is 0 Å². The maximum absolute atomic E-state index is 13.9. The molecule has 2 heterocycles. The largest absolute Gasteiger partial charge is 0.504 e. The minimum Gasteiger partial charge on any atom is -0.504 e.